The molecule has 0 aromatic heterocycles. The minimum atomic E-state index is -0.362. The molecule has 0 unspecified atom stereocenters. The lowest BCUT2D eigenvalue weighted by Crippen LogP contribution is -2.55. The summed E-state index contributed by atoms with van der Waals surface area (Å²) in [5, 5.41) is 13.1. The topological polar surface area (TPSA) is 61.8 Å². The predicted octanol–water partition coefficient (Wildman–Crippen LogP) is 1.84. The predicted molar refractivity (Wildman–Crippen MR) is 92.5 cm³/mol. The van der Waals surface area contributed by atoms with Gasteiger partial charge in [-0.1, -0.05) is 12.1 Å². The average molecular weight is 350 g/mol. The second-order valence-corrected chi connectivity index (χ2v) is 7.07. The number of hydrogen-bond acceptors (Lipinski definition) is 4. The van der Waals surface area contributed by atoms with Crippen molar-refractivity contribution < 1.29 is 19.0 Å². The Kier molecular flexibility index (Phi) is 6.04. The van der Waals surface area contributed by atoms with Crippen LogP contribution in [0.4, 0.5) is 4.39 Å². The number of benzene rings is 1. The lowest BCUT2D eigenvalue weighted by Gasteiger charge is -2.46. The van der Waals surface area contributed by atoms with E-state index in [2.05, 4.69) is 10.2 Å². The third kappa shape index (κ3) is 4.77. The van der Waals surface area contributed by atoms with Gasteiger partial charge in [0, 0.05) is 39.2 Å². The zero-order chi connectivity index (χ0) is 17.7. The van der Waals surface area contributed by atoms with E-state index in [0.29, 0.717) is 19.5 Å². The molecule has 1 spiro atoms. The van der Waals surface area contributed by atoms with Gasteiger partial charge in [0.25, 0.3) is 0 Å². The molecular formula is C19H27FN2O3. The molecule has 5 nitrogen and oxygen atoms in total. The molecule has 138 valence electrons. The number of hydrogen-bond donors (Lipinski definition) is 2. The van der Waals surface area contributed by atoms with Gasteiger partial charge in [-0.25, -0.2) is 4.39 Å². The summed E-state index contributed by atoms with van der Waals surface area (Å²) in [6.45, 7) is 3.57. The van der Waals surface area contributed by atoms with Gasteiger partial charge >= 0.3 is 0 Å². The first-order valence-corrected chi connectivity index (χ1v) is 9.13. The Morgan fingerprint density at radius 3 is 2.72 bits per heavy atom. The van der Waals surface area contributed by atoms with E-state index in [1.165, 1.54) is 12.1 Å². The monoisotopic (exact) mass is 350 g/mol. The first-order valence-electron chi connectivity index (χ1n) is 9.13. The van der Waals surface area contributed by atoms with Gasteiger partial charge < -0.3 is 20.1 Å². The van der Waals surface area contributed by atoms with Crippen molar-refractivity contribution in [2.75, 3.05) is 26.2 Å². The van der Waals surface area contributed by atoms with Crippen LogP contribution in [0, 0.1) is 5.82 Å². The van der Waals surface area contributed by atoms with Crippen LogP contribution in [-0.4, -0.2) is 53.9 Å². The maximum absolute atomic E-state index is 12.9. The van der Waals surface area contributed by atoms with Crippen molar-refractivity contribution in [1.82, 2.24) is 10.2 Å². The molecule has 2 heterocycles. The molecule has 3 rings (SSSR count). The third-order valence-electron chi connectivity index (χ3n) is 5.38. The van der Waals surface area contributed by atoms with Crippen molar-refractivity contribution in [3.8, 4) is 0 Å². The minimum Gasteiger partial charge on any atom is -0.390 e. The molecular weight excluding hydrogens is 323 g/mol. The molecule has 0 radical (unpaired) electrons. The van der Waals surface area contributed by atoms with Crippen molar-refractivity contribution in [2.45, 2.75) is 50.4 Å². The molecule has 6 heteroatoms. The van der Waals surface area contributed by atoms with Crippen LogP contribution in [0.2, 0.25) is 0 Å². The van der Waals surface area contributed by atoms with E-state index >= 15 is 0 Å². The smallest absolute Gasteiger partial charge is 0.221 e. The number of likely N-dealkylation sites (tertiary alicyclic amines) is 1. The van der Waals surface area contributed by atoms with E-state index in [9.17, 15) is 14.3 Å². The Bertz CT molecular complexity index is 571. The second kappa shape index (κ2) is 8.25. The molecule has 2 saturated heterocycles. The van der Waals surface area contributed by atoms with E-state index in [-0.39, 0.29) is 23.4 Å². The van der Waals surface area contributed by atoms with Gasteiger partial charge in [-0.15, -0.1) is 0 Å². The summed E-state index contributed by atoms with van der Waals surface area (Å²) >= 11 is 0. The summed E-state index contributed by atoms with van der Waals surface area (Å²) < 4.78 is 18.8. The average Bonchev–Trinajstić information content (AvgIpc) is 2.63. The lowest BCUT2D eigenvalue weighted by atomic mass is 9.82. The molecule has 1 amide bonds. The van der Waals surface area contributed by atoms with Crippen molar-refractivity contribution in [2.24, 2.45) is 0 Å². The van der Waals surface area contributed by atoms with E-state index in [4.69, 9.17) is 4.74 Å². The number of nitrogens with zero attached hydrogens (tertiary/aromatic N) is 1. The van der Waals surface area contributed by atoms with Crippen LogP contribution in [0.25, 0.3) is 0 Å². The van der Waals surface area contributed by atoms with Crippen molar-refractivity contribution in [3.63, 3.8) is 0 Å². The first kappa shape index (κ1) is 18.3. The van der Waals surface area contributed by atoms with Gasteiger partial charge in [0.2, 0.25) is 5.91 Å². The number of carbonyl (C=O) groups is 1. The minimum absolute atomic E-state index is 0.00133. The molecule has 2 aliphatic heterocycles. The van der Waals surface area contributed by atoms with Gasteiger partial charge in [0.05, 0.1) is 11.7 Å². The normalized spacial score (nSPS) is 23.5. The fraction of sp³-hybridized carbons (Fsp3) is 0.632. The van der Waals surface area contributed by atoms with E-state index < -0.39 is 0 Å². The molecule has 0 saturated carbocycles. The van der Waals surface area contributed by atoms with Crippen LogP contribution in [0.15, 0.2) is 24.3 Å². The van der Waals surface area contributed by atoms with Crippen LogP contribution >= 0.6 is 0 Å². The van der Waals surface area contributed by atoms with Crippen molar-refractivity contribution in [3.05, 3.63) is 35.6 Å². The highest BCUT2D eigenvalue weighted by Crippen LogP contribution is 2.35. The summed E-state index contributed by atoms with van der Waals surface area (Å²) in [5.74, 6) is -0.274. The van der Waals surface area contributed by atoms with Crippen LogP contribution in [0.1, 0.15) is 37.7 Å². The first-order chi connectivity index (χ1) is 12.1. The molecule has 1 atom stereocenters. The Morgan fingerprint density at radius 2 is 2.04 bits per heavy atom. The molecule has 2 aliphatic rings. The summed E-state index contributed by atoms with van der Waals surface area (Å²) in [6.07, 6.45) is 3.49. The van der Waals surface area contributed by atoms with Gasteiger partial charge in [-0.2, -0.15) is 0 Å². The quantitative estimate of drug-likeness (QED) is 0.851. The van der Waals surface area contributed by atoms with Crippen molar-refractivity contribution >= 4 is 5.91 Å². The number of nitrogens with one attached hydrogen (secondary N) is 1. The number of carbonyl (C=O) groups excluding carboxylic acids is 1. The Labute approximate surface area is 148 Å². The van der Waals surface area contributed by atoms with Gasteiger partial charge in [-0.3, -0.25) is 4.79 Å². The summed E-state index contributed by atoms with van der Waals surface area (Å²) in [7, 11) is 0. The van der Waals surface area contributed by atoms with Gasteiger partial charge in [0.15, 0.2) is 0 Å². The molecule has 2 N–H and O–H groups in total. The van der Waals surface area contributed by atoms with E-state index in [1.807, 2.05) is 0 Å². The molecule has 2 fully saturated rings. The molecule has 25 heavy (non-hydrogen) atoms. The molecule has 1 aromatic rings. The Morgan fingerprint density at radius 1 is 1.32 bits per heavy atom. The van der Waals surface area contributed by atoms with Gasteiger partial charge in [0.1, 0.15) is 5.82 Å². The number of ether oxygens (including phenoxy) is 1. The van der Waals surface area contributed by atoms with E-state index in [0.717, 1.165) is 50.9 Å². The van der Waals surface area contributed by atoms with Crippen molar-refractivity contribution in [1.29, 1.82) is 0 Å². The number of amides is 1. The fourth-order valence-electron chi connectivity index (χ4n) is 3.70. The zero-order valence-corrected chi connectivity index (χ0v) is 14.5. The maximum atomic E-state index is 12.9. The largest absolute Gasteiger partial charge is 0.390 e. The third-order valence-corrected chi connectivity index (χ3v) is 5.38. The molecule has 1 aromatic carbocycles. The van der Waals surface area contributed by atoms with Crippen LogP contribution in [0.3, 0.4) is 0 Å². The van der Waals surface area contributed by atoms with Crippen LogP contribution in [-0.2, 0) is 16.1 Å². The van der Waals surface area contributed by atoms with Crippen LogP contribution < -0.4 is 5.32 Å². The summed E-state index contributed by atoms with van der Waals surface area (Å²) in [4.78, 5) is 14.3. The highest BCUT2D eigenvalue weighted by molar-refractivity contribution is 5.76. The number of aliphatic hydroxyl groups excluding tert-OH is 1. The van der Waals surface area contributed by atoms with E-state index in [1.54, 1.807) is 12.1 Å². The fourth-order valence-corrected chi connectivity index (χ4v) is 3.70. The molecule has 0 bridgehead atoms. The number of rotatable bonds is 5. The zero-order valence-electron chi connectivity index (χ0n) is 14.5. The number of aliphatic hydroxyl groups is 1. The maximum Gasteiger partial charge on any atom is 0.221 e. The lowest BCUT2D eigenvalue weighted by molar-refractivity contribution is -0.176. The number of halogens is 1. The van der Waals surface area contributed by atoms with Gasteiger partial charge in [-0.05, 0) is 43.4 Å². The van der Waals surface area contributed by atoms with Crippen LogP contribution in [0.5, 0.6) is 0 Å². The highest BCUT2D eigenvalue weighted by Gasteiger charge is 2.43. The Hall–Kier alpha value is -1.50. The summed E-state index contributed by atoms with van der Waals surface area (Å²) in [6, 6.07) is 6.14. The SMILES string of the molecule is O=C(CCN1CCC2(CC1)OCCC[C@@H]2O)NCc1ccc(F)cc1. The Balaban J connectivity index is 1.36. The second-order valence-electron chi connectivity index (χ2n) is 7.07. The molecule has 0 aliphatic carbocycles. The number of piperidine rings is 1. The summed E-state index contributed by atoms with van der Waals surface area (Å²) in [5.41, 5.74) is 0.526. The standard InChI is InChI=1S/C19H27FN2O3/c20-16-5-3-15(4-6-16)14-21-18(24)7-10-22-11-8-19(9-12-22)17(23)2-1-13-25-19/h3-6,17,23H,1-2,7-14H2,(H,21,24)/t17-/m0/s1. The highest BCUT2D eigenvalue weighted by atomic mass is 19.1.